The predicted molar refractivity (Wildman–Crippen MR) is 80.2 cm³/mol. The Kier molecular flexibility index (Phi) is 3.47. The molecule has 3 rings (SSSR count). The van der Waals surface area contributed by atoms with Crippen LogP contribution < -0.4 is 0 Å². The summed E-state index contributed by atoms with van der Waals surface area (Å²) in [5.41, 5.74) is 2.54. The van der Waals surface area contributed by atoms with Gasteiger partial charge in [0, 0.05) is 11.3 Å². The minimum absolute atomic E-state index is 0.116. The summed E-state index contributed by atoms with van der Waals surface area (Å²) in [5.74, 6) is 1.18. The average Bonchev–Trinajstić information content (AvgIpc) is 2.46. The summed E-state index contributed by atoms with van der Waals surface area (Å²) in [5, 5.41) is 9.97. The van der Waals surface area contributed by atoms with Gasteiger partial charge in [0.25, 0.3) is 0 Å². The number of allylic oxidation sites excluding steroid dienone is 1. The van der Waals surface area contributed by atoms with Crippen LogP contribution in [0.25, 0.3) is 0 Å². The van der Waals surface area contributed by atoms with Gasteiger partial charge in [0.05, 0.1) is 19.3 Å². The molecule has 0 unspecified atom stereocenters. The van der Waals surface area contributed by atoms with Crippen LogP contribution in [-0.2, 0) is 4.74 Å². The van der Waals surface area contributed by atoms with Crippen LogP contribution in [0.5, 0.6) is 0 Å². The molecule has 1 aromatic carbocycles. The molecule has 2 heteroatoms. The number of hydrogen-bond acceptors (Lipinski definition) is 2. The summed E-state index contributed by atoms with van der Waals surface area (Å²) in [6.45, 7) is 7.55. The number of hydrogen-bond donors (Lipinski definition) is 1. The van der Waals surface area contributed by atoms with Gasteiger partial charge in [0.15, 0.2) is 0 Å². The lowest BCUT2D eigenvalue weighted by Gasteiger charge is -2.55. The van der Waals surface area contributed by atoms with Crippen LogP contribution in [0.4, 0.5) is 0 Å². The van der Waals surface area contributed by atoms with E-state index < -0.39 is 0 Å². The van der Waals surface area contributed by atoms with Gasteiger partial charge in [-0.2, -0.15) is 0 Å². The van der Waals surface area contributed by atoms with Crippen LogP contribution in [0.2, 0.25) is 0 Å². The molecule has 5 atom stereocenters. The molecule has 2 aliphatic rings. The highest BCUT2D eigenvalue weighted by atomic mass is 16.5. The summed E-state index contributed by atoms with van der Waals surface area (Å²) >= 11 is 0. The summed E-state index contributed by atoms with van der Waals surface area (Å²) < 4.78 is 6.24. The van der Waals surface area contributed by atoms with Gasteiger partial charge in [-0.05, 0) is 24.3 Å². The fourth-order valence-electron chi connectivity index (χ4n) is 4.23. The standard InChI is InChI=1S/C18H24O2/c1-12-9-13(2)18(10-19)11-20-17(16(12)14(18)3)15-7-5-4-6-8-15/h4-9,13-14,16-17,19H,10-11H2,1-3H3/t13-,14-,16+,17-,18-/m1/s1. The zero-order chi connectivity index (χ0) is 14.3. The Morgan fingerprint density at radius 1 is 1.25 bits per heavy atom. The summed E-state index contributed by atoms with van der Waals surface area (Å²) in [4.78, 5) is 0. The molecule has 0 amide bonds. The topological polar surface area (TPSA) is 29.5 Å². The second-order valence-electron chi connectivity index (χ2n) is 6.55. The number of benzene rings is 1. The maximum Gasteiger partial charge on any atom is 0.0893 e. The molecular formula is C18H24O2. The van der Waals surface area contributed by atoms with Crippen LogP contribution >= 0.6 is 0 Å². The smallest absolute Gasteiger partial charge is 0.0893 e. The van der Waals surface area contributed by atoms with Crippen molar-refractivity contribution in [2.45, 2.75) is 26.9 Å². The zero-order valence-electron chi connectivity index (χ0n) is 12.5. The molecule has 108 valence electrons. The van der Waals surface area contributed by atoms with Gasteiger partial charge in [-0.3, -0.25) is 0 Å². The number of ether oxygens (including phenoxy) is 1. The normalized spacial score (nSPS) is 40.3. The van der Waals surface area contributed by atoms with Crippen LogP contribution in [0, 0.1) is 23.2 Å². The third-order valence-corrected chi connectivity index (χ3v) is 5.67. The van der Waals surface area contributed by atoms with Gasteiger partial charge in [-0.25, -0.2) is 0 Å². The van der Waals surface area contributed by atoms with E-state index in [0.29, 0.717) is 24.4 Å². The third-order valence-electron chi connectivity index (χ3n) is 5.67. The highest BCUT2D eigenvalue weighted by molar-refractivity contribution is 5.27. The first-order chi connectivity index (χ1) is 9.60. The van der Waals surface area contributed by atoms with Crippen molar-refractivity contribution in [1.29, 1.82) is 0 Å². The molecule has 0 aromatic heterocycles. The van der Waals surface area contributed by atoms with Crippen molar-refractivity contribution in [1.82, 2.24) is 0 Å². The van der Waals surface area contributed by atoms with E-state index in [1.807, 2.05) is 6.07 Å². The van der Waals surface area contributed by atoms with Crippen LogP contribution in [0.15, 0.2) is 42.0 Å². The lowest BCUT2D eigenvalue weighted by atomic mass is 9.56. The molecular weight excluding hydrogens is 248 g/mol. The number of fused-ring (bicyclic) bond motifs is 2. The summed E-state index contributed by atoms with van der Waals surface area (Å²) in [6, 6.07) is 10.5. The van der Waals surface area contributed by atoms with E-state index in [-0.39, 0.29) is 18.1 Å². The van der Waals surface area contributed by atoms with E-state index in [1.165, 1.54) is 11.1 Å². The van der Waals surface area contributed by atoms with E-state index in [1.54, 1.807) is 0 Å². The van der Waals surface area contributed by atoms with Crippen molar-refractivity contribution in [2.24, 2.45) is 23.2 Å². The van der Waals surface area contributed by atoms with Gasteiger partial charge in [0.1, 0.15) is 0 Å². The van der Waals surface area contributed by atoms with E-state index in [2.05, 4.69) is 51.1 Å². The van der Waals surface area contributed by atoms with Crippen molar-refractivity contribution in [3.8, 4) is 0 Å². The van der Waals surface area contributed by atoms with Crippen molar-refractivity contribution in [2.75, 3.05) is 13.2 Å². The van der Waals surface area contributed by atoms with Crippen molar-refractivity contribution < 1.29 is 9.84 Å². The Hall–Kier alpha value is -1.12. The molecule has 1 N–H and O–H groups in total. The van der Waals surface area contributed by atoms with Crippen LogP contribution in [-0.4, -0.2) is 18.3 Å². The van der Waals surface area contributed by atoms with Gasteiger partial charge in [-0.15, -0.1) is 0 Å². The molecule has 2 nitrogen and oxygen atoms in total. The highest BCUT2D eigenvalue weighted by Crippen LogP contribution is 2.55. The molecule has 0 spiro atoms. The maximum atomic E-state index is 9.97. The second-order valence-corrected chi connectivity index (χ2v) is 6.55. The number of aliphatic hydroxyl groups excluding tert-OH is 1. The molecule has 1 heterocycles. The minimum atomic E-state index is -0.116. The Labute approximate surface area is 121 Å². The summed E-state index contributed by atoms with van der Waals surface area (Å²) in [6.07, 6.45) is 2.47. The number of aliphatic hydroxyl groups is 1. The van der Waals surface area contributed by atoms with Gasteiger partial charge in [-0.1, -0.05) is 55.8 Å². The Bertz CT molecular complexity index is 507. The SMILES string of the molecule is CC1=C[C@@H](C)[C@@]2(CO)CO[C@H](c3ccccc3)[C@@H]1[C@H]2C. The van der Waals surface area contributed by atoms with Crippen molar-refractivity contribution >= 4 is 0 Å². The molecule has 0 saturated carbocycles. The Balaban J connectivity index is 2.02. The molecule has 1 aliphatic heterocycles. The minimum Gasteiger partial charge on any atom is -0.396 e. The zero-order valence-corrected chi connectivity index (χ0v) is 12.5. The monoisotopic (exact) mass is 272 g/mol. The first-order valence-corrected chi connectivity index (χ1v) is 7.56. The Morgan fingerprint density at radius 3 is 2.60 bits per heavy atom. The largest absolute Gasteiger partial charge is 0.396 e. The molecule has 1 saturated heterocycles. The van der Waals surface area contributed by atoms with Gasteiger partial charge < -0.3 is 9.84 Å². The van der Waals surface area contributed by atoms with Crippen LogP contribution in [0.1, 0.15) is 32.4 Å². The molecule has 1 aliphatic carbocycles. The lowest BCUT2D eigenvalue weighted by Crippen LogP contribution is -2.53. The molecule has 1 aromatic rings. The molecule has 2 bridgehead atoms. The fourth-order valence-corrected chi connectivity index (χ4v) is 4.23. The number of rotatable bonds is 2. The van der Waals surface area contributed by atoms with E-state index in [4.69, 9.17) is 4.74 Å². The lowest BCUT2D eigenvalue weighted by molar-refractivity contribution is -0.165. The highest BCUT2D eigenvalue weighted by Gasteiger charge is 2.53. The first kappa shape index (κ1) is 13.8. The predicted octanol–water partition coefficient (Wildman–Crippen LogP) is 3.58. The van der Waals surface area contributed by atoms with Gasteiger partial charge >= 0.3 is 0 Å². The molecule has 20 heavy (non-hydrogen) atoms. The van der Waals surface area contributed by atoms with E-state index in [0.717, 1.165) is 0 Å². The van der Waals surface area contributed by atoms with E-state index in [9.17, 15) is 5.11 Å². The quantitative estimate of drug-likeness (QED) is 0.834. The van der Waals surface area contributed by atoms with Crippen LogP contribution in [0.3, 0.4) is 0 Å². The first-order valence-electron chi connectivity index (χ1n) is 7.56. The fraction of sp³-hybridized carbons (Fsp3) is 0.556. The Morgan fingerprint density at radius 2 is 1.95 bits per heavy atom. The third kappa shape index (κ3) is 1.86. The van der Waals surface area contributed by atoms with Gasteiger partial charge in [0.2, 0.25) is 0 Å². The molecule has 0 radical (unpaired) electrons. The maximum absolute atomic E-state index is 9.97. The summed E-state index contributed by atoms with van der Waals surface area (Å²) in [7, 11) is 0. The molecule has 1 fully saturated rings. The second kappa shape index (κ2) is 5.01. The van der Waals surface area contributed by atoms with E-state index >= 15 is 0 Å². The average molecular weight is 272 g/mol. The van der Waals surface area contributed by atoms with Crippen molar-refractivity contribution in [3.05, 3.63) is 47.5 Å². The van der Waals surface area contributed by atoms with Crippen molar-refractivity contribution in [3.63, 3.8) is 0 Å².